The summed E-state index contributed by atoms with van der Waals surface area (Å²) in [7, 11) is -3.62. The number of hydrogen-bond donors (Lipinski definition) is 1. The van der Waals surface area contributed by atoms with Gasteiger partial charge in [-0.25, -0.2) is 8.42 Å². The van der Waals surface area contributed by atoms with Crippen molar-refractivity contribution in [3.8, 4) is 5.75 Å². The number of carbonyl (C=O) groups excluding carboxylic acids is 2. The van der Waals surface area contributed by atoms with Gasteiger partial charge >= 0.3 is 0 Å². The molecule has 1 saturated heterocycles. The van der Waals surface area contributed by atoms with Crippen LogP contribution in [0.25, 0.3) is 0 Å². The van der Waals surface area contributed by atoms with E-state index in [4.69, 9.17) is 21.1 Å². The Hall–Kier alpha value is -2.66. The molecule has 0 radical (unpaired) electrons. The van der Waals surface area contributed by atoms with E-state index in [1.165, 1.54) is 33.5 Å². The van der Waals surface area contributed by atoms with Crippen LogP contribution in [0.15, 0.2) is 53.4 Å². The lowest BCUT2D eigenvalue weighted by Gasteiger charge is -2.28. The van der Waals surface area contributed by atoms with Gasteiger partial charge in [-0.1, -0.05) is 23.7 Å². The van der Waals surface area contributed by atoms with E-state index >= 15 is 0 Å². The number of halogens is 1. The molecule has 1 aliphatic heterocycles. The number of nitrogens with zero attached hydrogens (tertiary/aromatic N) is 2. The molecule has 9 nitrogen and oxygen atoms in total. The Morgan fingerprint density at radius 2 is 1.74 bits per heavy atom. The zero-order chi connectivity index (χ0) is 25.4. The van der Waals surface area contributed by atoms with Crippen LogP contribution in [0.2, 0.25) is 5.02 Å². The average Bonchev–Trinajstić information content (AvgIpc) is 2.87. The summed E-state index contributed by atoms with van der Waals surface area (Å²) in [6.45, 7) is 5.15. The summed E-state index contributed by atoms with van der Waals surface area (Å²) in [5, 5.41) is 3.31. The third-order valence-corrected chi connectivity index (χ3v) is 7.74. The Balaban J connectivity index is 1.67. The fourth-order valence-electron chi connectivity index (χ4n) is 3.56. The lowest BCUT2D eigenvalue weighted by atomic mass is 10.1. The first kappa shape index (κ1) is 26.9. The van der Waals surface area contributed by atoms with E-state index in [9.17, 15) is 18.0 Å². The molecule has 1 N–H and O–H groups in total. The molecule has 0 unspecified atom stereocenters. The Bertz CT molecular complexity index is 1100. The maximum atomic E-state index is 13.1. The van der Waals surface area contributed by atoms with Crippen molar-refractivity contribution < 1.29 is 27.5 Å². The lowest BCUT2D eigenvalue weighted by Crippen LogP contribution is -2.49. The van der Waals surface area contributed by atoms with Crippen molar-refractivity contribution in [2.24, 2.45) is 0 Å². The van der Waals surface area contributed by atoms with Crippen LogP contribution in [0, 0.1) is 0 Å². The number of amides is 2. The van der Waals surface area contributed by atoms with E-state index in [1.54, 1.807) is 31.2 Å². The zero-order valence-electron chi connectivity index (χ0n) is 19.8. The maximum Gasteiger partial charge on any atom is 0.261 e. The highest BCUT2D eigenvalue weighted by Gasteiger charge is 2.27. The van der Waals surface area contributed by atoms with Crippen LogP contribution >= 0.6 is 11.6 Å². The molecular weight excluding hydrogens is 494 g/mol. The van der Waals surface area contributed by atoms with Crippen LogP contribution in [0.3, 0.4) is 0 Å². The number of hydrogen-bond acceptors (Lipinski definition) is 6. The van der Waals surface area contributed by atoms with Crippen molar-refractivity contribution in [1.82, 2.24) is 14.5 Å². The SMILES string of the molecule is CCNC(=O)[C@@H](C)N(Cc1ccc(Cl)cc1)C(=O)COc1ccc(S(=O)(=O)N2CCOCC2)cc1. The van der Waals surface area contributed by atoms with Crippen LogP contribution < -0.4 is 10.1 Å². The molecule has 3 rings (SSSR count). The Kier molecular flexibility index (Phi) is 9.50. The van der Waals surface area contributed by atoms with E-state index in [0.717, 1.165) is 5.56 Å². The topological polar surface area (TPSA) is 105 Å². The minimum absolute atomic E-state index is 0.146. The van der Waals surface area contributed by atoms with Gasteiger partial charge < -0.3 is 19.7 Å². The van der Waals surface area contributed by atoms with Gasteiger partial charge in [0.1, 0.15) is 11.8 Å². The van der Waals surface area contributed by atoms with Gasteiger partial charge in [-0.05, 0) is 55.8 Å². The van der Waals surface area contributed by atoms with Gasteiger partial charge in [0.2, 0.25) is 15.9 Å². The van der Waals surface area contributed by atoms with Gasteiger partial charge in [-0.3, -0.25) is 9.59 Å². The molecular formula is C24H30ClN3O6S. The average molecular weight is 524 g/mol. The minimum Gasteiger partial charge on any atom is -0.484 e. The normalized spacial score (nSPS) is 15.3. The fraction of sp³-hybridized carbons (Fsp3) is 0.417. The highest BCUT2D eigenvalue weighted by atomic mass is 35.5. The zero-order valence-corrected chi connectivity index (χ0v) is 21.3. The van der Waals surface area contributed by atoms with E-state index in [1.807, 2.05) is 6.92 Å². The Morgan fingerprint density at radius 3 is 2.34 bits per heavy atom. The largest absolute Gasteiger partial charge is 0.484 e. The van der Waals surface area contributed by atoms with Gasteiger partial charge in [0.15, 0.2) is 6.61 Å². The number of ether oxygens (including phenoxy) is 2. The second-order valence-electron chi connectivity index (χ2n) is 8.00. The molecule has 2 aromatic carbocycles. The second kappa shape index (κ2) is 12.3. The molecule has 11 heteroatoms. The smallest absolute Gasteiger partial charge is 0.261 e. The summed E-state index contributed by atoms with van der Waals surface area (Å²) >= 11 is 5.96. The van der Waals surface area contributed by atoms with Crippen molar-refractivity contribution in [3.05, 3.63) is 59.1 Å². The number of sulfonamides is 1. The van der Waals surface area contributed by atoms with E-state index < -0.39 is 16.1 Å². The second-order valence-corrected chi connectivity index (χ2v) is 10.4. The molecule has 1 aliphatic rings. The van der Waals surface area contributed by atoms with Crippen molar-refractivity contribution in [1.29, 1.82) is 0 Å². The van der Waals surface area contributed by atoms with Crippen molar-refractivity contribution in [2.75, 3.05) is 39.5 Å². The van der Waals surface area contributed by atoms with Crippen molar-refractivity contribution >= 4 is 33.4 Å². The lowest BCUT2D eigenvalue weighted by molar-refractivity contribution is -0.142. The summed E-state index contributed by atoms with van der Waals surface area (Å²) in [6.07, 6.45) is 0. The highest BCUT2D eigenvalue weighted by molar-refractivity contribution is 7.89. The Morgan fingerprint density at radius 1 is 1.11 bits per heavy atom. The summed E-state index contributed by atoms with van der Waals surface area (Å²) in [5.41, 5.74) is 0.816. The van der Waals surface area contributed by atoms with Crippen LogP contribution in [0.1, 0.15) is 19.4 Å². The molecule has 1 heterocycles. The standard InChI is InChI=1S/C24H30ClN3O6S/c1-3-26-24(30)18(2)28(16-19-4-6-20(25)7-5-19)23(29)17-34-21-8-10-22(11-9-21)35(31,32)27-12-14-33-15-13-27/h4-11,18H,3,12-17H2,1-2H3,(H,26,30)/t18-/m1/s1. The van der Waals surface area contributed by atoms with Crippen molar-refractivity contribution in [2.45, 2.75) is 31.3 Å². The van der Waals surface area contributed by atoms with Gasteiger partial charge in [0.25, 0.3) is 5.91 Å². The van der Waals surface area contributed by atoms with Gasteiger partial charge in [0, 0.05) is 31.2 Å². The number of nitrogens with one attached hydrogen (secondary N) is 1. The van der Waals surface area contributed by atoms with Crippen molar-refractivity contribution in [3.63, 3.8) is 0 Å². The predicted octanol–water partition coefficient (Wildman–Crippen LogP) is 2.29. The quantitative estimate of drug-likeness (QED) is 0.512. The fourth-order valence-corrected chi connectivity index (χ4v) is 5.10. The molecule has 1 fully saturated rings. The third-order valence-electron chi connectivity index (χ3n) is 5.58. The predicted molar refractivity (Wildman–Crippen MR) is 132 cm³/mol. The first-order valence-corrected chi connectivity index (χ1v) is 13.2. The molecule has 0 saturated carbocycles. The van der Waals surface area contributed by atoms with E-state index in [2.05, 4.69) is 5.32 Å². The summed E-state index contributed by atoms with van der Waals surface area (Å²) in [6, 6.07) is 12.2. The van der Waals surface area contributed by atoms with Crippen LogP contribution in [0.5, 0.6) is 5.75 Å². The van der Waals surface area contributed by atoms with E-state index in [-0.39, 0.29) is 29.9 Å². The minimum atomic E-state index is -3.62. The van der Waals surface area contributed by atoms with Gasteiger partial charge in [-0.2, -0.15) is 4.31 Å². The highest BCUT2D eigenvalue weighted by Crippen LogP contribution is 2.21. The first-order chi connectivity index (χ1) is 16.7. The number of likely N-dealkylation sites (N-methyl/N-ethyl adjacent to an activating group) is 1. The summed E-state index contributed by atoms with van der Waals surface area (Å²) in [4.78, 5) is 27.1. The first-order valence-electron chi connectivity index (χ1n) is 11.3. The van der Waals surface area contributed by atoms with Crippen LogP contribution in [-0.4, -0.2) is 74.9 Å². The molecule has 0 aromatic heterocycles. The molecule has 2 amide bonds. The molecule has 1 atom stereocenters. The number of benzene rings is 2. The number of rotatable bonds is 10. The van der Waals surface area contributed by atoms with Crippen LogP contribution in [0.4, 0.5) is 0 Å². The molecule has 0 spiro atoms. The van der Waals surface area contributed by atoms with Gasteiger partial charge in [-0.15, -0.1) is 0 Å². The third kappa shape index (κ3) is 7.17. The molecule has 35 heavy (non-hydrogen) atoms. The molecule has 0 aliphatic carbocycles. The Labute approximate surface area is 211 Å². The number of morpholine rings is 1. The summed E-state index contributed by atoms with van der Waals surface area (Å²) < 4.78 is 37.8. The van der Waals surface area contributed by atoms with Gasteiger partial charge in [0.05, 0.1) is 18.1 Å². The molecule has 0 bridgehead atoms. The molecule has 2 aromatic rings. The molecule has 190 valence electrons. The maximum absolute atomic E-state index is 13.1. The summed E-state index contributed by atoms with van der Waals surface area (Å²) in [5.74, 6) is -0.312. The van der Waals surface area contributed by atoms with E-state index in [0.29, 0.717) is 43.6 Å². The van der Waals surface area contributed by atoms with Crippen LogP contribution in [-0.2, 0) is 30.9 Å². The monoisotopic (exact) mass is 523 g/mol. The number of carbonyl (C=O) groups is 2.